The minimum atomic E-state index is -1.00. The van der Waals surface area contributed by atoms with Gasteiger partial charge in [0.1, 0.15) is 5.78 Å². The lowest BCUT2D eigenvalue weighted by Crippen LogP contribution is -2.62. The van der Waals surface area contributed by atoms with Crippen molar-refractivity contribution in [3.05, 3.63) is 11.6 Å². The van der Waals surface area contributed by atoms with Crippen molar-refractivity contribution in [1.29, 1.82) is 0 Å². The van der Waals surface area contributed by atoms with Gasteiger partial charge in [0.15, 0.2) is 5.78 Å². The van der Waals surface area contributed by atoms with Crippen molar-refractivity contribution in [3.63, 3.8) is 0 Å². The predicted molar refractivity (Wildman–Crippen MR) is 140 cm³/mol. The number of hydrogen-bond donors (Lipinski definition) is 2. The molecule has 0 aromatic heterocycles. The summed E-state index contributed by atoms with van der Waals surface area (Å²) in [5, 5.41) is 21.3. The first-order valence-corrected chi connectivity index (χ1v) is 14.6. The lowest BCUT2D eigenvalue weighted by atomic mass is 9.39. The molecule has 0 amide bonds. The fourth-order valence-electron chi connectivity index (χ4n) is 9.79. The third kappa shape index (κ3) is 3.94. The molecule has 3 fully saturated rings. The van der Waals surface area contributed by atoms with Gasteiger partial charge in [-0.05, 0) is 91.4 Å². The van der Waals surface area contributed by atoms with Gasteiger partial charge < -0.3 is 10.2 Å². The van der Waals surface area contributed by atoms with Crippen molar-refractivity contribution in [2.75, 3.05) is 0 Å². The summed E-state index contributed by atoms with van der Waals surface area (Å²) in [5.74, 6) is 0.453. The van der Waals surface area contributed by atoms with Crippen LogP contribution in [0.4, 0.5) is 0 Å². The van der Waals surface area contributed by atoms with E-state index in [1.165, 1.54) is 5.57 Å². The fraction of sp³-hybridized carbons (Fsp3) is 0.839. The van der Waals surface area contributed by atoms with E-state index in [1.807, 2.05) is 19.9 Å². The van der Waals surface area contributed by atoms with Crippen LogP contribution in [-0.2, 0) is 14.4 Å². The number of aliphatic hydroxyl groups is 1. The minimum Gasteiger partial charge on any atom is -0.481 e. The van der Waals surface area contributed by atoms with Crippen LogP contribution in [0.1, 0.15) is 106 Å². The van der Waals surface area contributed by atoms with Crippen LogP contribution in [-0.4, -0.2) is 33.3 Å². The van der Waals surface area contributed by atoms with Crippen LogP contribution in [0.5, 0.6) is 0 Å². The van der Waals surface area contributed by atoms with Crippen LogP contribution in [0, 0.1) is 52.3 Å². The molecule has 3 saturated carbocycles. The van der Waals surface area contributed by atoms with Gasteiger partial charge >= 0.3 is 5.97 Å². The molecular formula is C31H48O5. The number of carbonyl (C=O) groups excluding carboxylic acids is 2. The second kappa shape index (κ2) is 9.67. The minimum absolute atomic E-state index is 0.0237. The standard InChI is InChI=1S/C31H48O5/c1-7-9-19-16-20(32)17-24-21(8-2)26(28(35)18(3)4)27-22-11-14-31(36,15-12-25(33)34)29(22,5)13-10-23(27)30(19,24)6/h17-19,21-23,26-27,36H,7-16H2,1-6H3,(H,33,34)/t19?,21?,22-,23-,26?,27-,29-,30+,31-/m0/s1. The molecule has 0 spiro atoms. The highest BCUT2D eigenvalue weighted by atomic mass is 16.4. The van der Waals surface area contributed by atoms with Gasteiger partial charge in [0.25, 0.3) is 0 Å². The molecule has 36 heavy (non-hydrogen) atoms. The maximum Gasteiger partial charge on any atom is 0.303 e. The average molecular weight is 501 g/mol. The van der Waals surface area contributed by atoms with Gasteiger partial charge in [-0.3, -0.25) is 14.4 Å². The molecular weight excluding hydrogens is 452 g/mol. The zero-order chi connectivity index (χ0) is 26.6. The second-order valence-electron chi connectivity index (χ2n) is 13.3. The van der Waals surface area contributed by atoms with Crippen LogP contribution in [0.3, 0.4) is 0 Å². The van der Waals surface area contributed by atoms with E-state index < -0.39 is 11.6 Å². The van der Waals surface area contributed by atoms with E-state index >= 15 is 0 Å². The number of carbonyl (C=O) groups is 3. The topological polar surface area (TPSA) is 91.7 Å². The number of carboxylic acid groups (broad SMARTS) is 1. The highest BCUT2D eigenvalue weighted by Gasteiger charge is 2.68. The molecule has 5 nitrogen and oxygen atoms in total. The first-order valence-electron chi connectivity index (χ1n) is 14.6. The Labute approximate surface area is 217 Å². The number of carboxylic acids is 1. The summed E-state index contributed by atoms with van der Waals surface area (Å²) >= 11 is 0. The van der Waals surface area contributed by atoms with Gasteiger partial charge in [-0.15, -0.1) is 0 Å². The van der Waals surface area contributed by atoms with E-state index in [-0.39, 0.29) is 59.0 Å². The fourth-order valence-corrected chi connectivity index (χ4v) is 9.79. The van der Waals surface area contributed by atoms with E-state index in [0.29, 0.717) is 30.5 Å². The van der Waals surface area contributed by atoms with Gasteiger partial charge in [-0.2, -0.15) is 0 Å². The Morgan fingerprint density at radius 3 is 2.36 bits per heavy atom. The summed E-state index contributed by atoms with van der Waals surface area (Å²) in [4.78, 5) is 38.4. The van der Waals surface area contributed by atoms with E-state index in [1.54, 1.807) is 0 Å². The first-order chi connectivity index (χ1) is 16.9. The molecule has 0 heterocycles. The Balaban J connectivity index is 1.86. The molecule has 0 saturated heterocycles. The van der Waals surface area contributed by atoms with Crippen LogP contribution in [0.15, 0.2) is 11.6 Å². The van der Waals surface area contributed by atoms with Crippen LogP contribution in [0.2, 0.25) is 0 Å². The summed E-state index contributed by atoms with van der Waals surface area (Å²) in [7, 11) is 0. The Morgan fingerprint density at radius 2 is 1.78 bits per heavy atom. The molecule has 9 atom stereocenters. The van der Waals surface area contributed by atoms with Crippen LogP contribution >= 0.6 is 0 Å². The van der Waals surface area contributed by atoms with E-state index in [2.05, 4.69) is 27.7 Å². The Kier molecular flexibility index (Phi) is 7.40. The molecule has 5 heteroatoms. The number of aliphatic carboxylic acids is 1. The van der Waals surface area contributed by atoms with Crippen LogP contribution in [0.25, 0.3) is 0 Å². The summed E-state index contributed by atoms with van der Waals surface area (Å²) in [6.45, 7) is 12.9. The normalized spacial score (nSPS) is 44.0. The number of rotatable bonds is 8. The second-order valence-corrected chi connectivity index (χ2v) is 13.3. The Morgan fingerprint density at radius 1 is 1.11 bits per heavy atom. The number of fused-ring (bicyclic) bond motifs is 5. The lowest BCUT2D eigenvalue weighted by molar-refractivity contribution is -0.169. The highest BCUT2D eigenvalue weighted by molar-refractivity contribution is 5.93. The van der Waals surface area contributed by atoms with Gasteiger partial charge in [-0.1, -0.05) is 53.5 Å². The van der Waals surface area contributed by atoms with Gasteiger partial charge in [0.05, 0.1) is 5.60 Å². The van der Waals surface area contributed by atoms with E-state index in [4.69, 9.17) is 0 Å². The summed E-state index contributed by atoms with van der Waals surface area (Å²) < 4.78 is 0. The predicted octanol–water partition coefficient (Wildman–Crippen LogP) is 6.23. The van der Waals surface area contributed by atoms with Crippen molar-refractivity contribution in [3.8, 4) is 0 Å². The van der Waals surface area contributed by atoms with Crippen LogP contribution < -0.4 is 0 Å². The molecule has 3 unspecified atom stereocenters. The number of Topliss-reactive ketones (excluding diaryl/α,β-unsaturated/α-hetero) is 1. The van der Waals surface area contributed by atoms with Crippen molar-refractivity contribution < 1.29 is 24.6 Å². The Hall–Kier alpha value is -1.49. The number of allylic oxidation sites excluding steroid dienone is 1. The van der Waals surface area contributed by atoms with Crippen molar-refractivity contribution in [2.24, 2.45) is 52.3 Å². The molecule has 4 rings (SSSR count). The van der Waals surface area contributed by atoms with Gasteiger partial charge in [0.2, 0.25) is 0 Å². The largest absolute Gasteiger partial charge is 0.481 e. The molecule has 2 N–H and O–H groups in total. The smallest absolute Gasteiger partial charge is 0.303 e. The molecule has 0 aromatic carbocycles. The summed E-state index contributed by atoms with van der Waals surface area (Å²) in [6.07, 6.45) is 8.92. The average Bonchev–Trinajstić information content (AvgIpc) is 3.08. The molecule has 0 radical (unpaired) electrons. The monoisotopic (exact) mass is 500 g/mol. The zero-order valence-electron chi connectivity index (χ0n) is 23.3. The number of ketones is 2. The van der Waals surface area contributed by atoms with E-state index in [0.717, 1.165) is 38.5 Å². The van der Waals surface area contributed by atoms with E-state index in [9.17, 15) is 24.6 Å². The maximum absolute atomic E-state index is 14.0. The third-order valence-electron chi connectivity index (χ3n) is 11.6. The third-order valence-corrected chi connectivity index (χ3v) is 11.6. The maximum atomic E-state index is 14.0. The molecule has 0 aliphatic heterocycles. The molecule has 202 valence electrons. The molecule has 0 aromatic rings. The molecule has 4 aliphatic rings. The molecule has 4 aliphatic carbocycles. The quantitative estimate of drug-likeness (QED) is 0.412. The molecule has 0 bridgehead atoms. The lowest BCUT2D eigenvalue weighted by Gasteiger charge is -2.65. The SMILES string of the molecule is CCCC1CC(=O)C=C2C(CC)C(C(=O)C(C)C)[C@H]3[C@@H]4CC[C@](O)(CCC(=O)O)[C@@]4(C)CC[C@@H]3[C@]21C. The summed E-state index contributed by atoms with van der Waals surface area (Å²) in [6, 6.07) is 0. The van der Waals surface area contributed by atoms with Crippen molar-refractivity contribution in [1.82, 2.24) is 0 Å². The highest BCUT2D eigenvalue weighted by Crippen LogP contribution is 2.71. The zero-order valence-corrected chi connectivity index (χ0v) is 23.3. The van der Waals surface area contributed by atoms with Gasteiger partial charge in [-0.25, -0.2) is 0 Å². The van der Waals surface area contributed by atoms with Gasteiger partial charge in [0, 0.05) is 24.7 Å². The summed E-state index contributed by atoms with van der Waals surface area (Å²) in [5.41, 5.74) is -0.259. The van der Waals surface area contributed by atoms with Crippen molar-refractivity contribution >= 4 is 17.5 Å². The first kappa shape index (κ1) is 27.5. The number of hydrogen-bond acceptors (Lipinski definition) is 4. The Bertz CT molecular complexity index is 935. The van der Waals surface area contributed by atoms with Crippen molar-refractivity contribution in [2.45, 2.75) is 111 Å².